The van der Waals surface area contributed by atoms with Gasteiger partial charge in [-0.3, -0.25) is 4.55 Å². The van der Waals surface area contributed by atoms with Crippen molar-refractivity contribution in [1.29, 1.82) is 0 Å². The Morgan fingerprint density at radius 3 is 2.21 bits per heavy atom. The van der Waals surface area contributed by atoms with Gasteiger partial charge in [-0.2, -0.15) is 8.42 Å². The number of aryl methyl sites for hydroxylation is 1. The molecule has 0 aliphatic heterocycles. The summed E-state index contributed by atoms with van der Waals surface area (Å²) in [5.41, 5.74) is 0.660. The first-order valence-electron chi connectivity index (χ1n) is 9.96. The molecule has 0 unspecified atom stereocenters. The Morgan fingerprint density at radius 2 is 1.55 bits per heavy atom. The molecule has 0 amide bonds. The third-order valence-corrected chi connectivity index (χ3v) is 5.58. The van der Waals surface area contributed by atoms with E-state index in [4.69, 9.17) is 4.74 Å². The summed E-state index contributed by atoms with van der Waals surface area (Å²) in [5, 5.41) is 12.1. The molecule has 2 aromatic carbocycles. The molecule has 0 aliphatic carbocycles. The molecular weight excluding hydrogens is 399 g/mol. The molecule has 154 valence electrons. The minimum atomic E-state index is -4.39. The SMILES string of the molecule is CCCCCCCCCCc1cc(Oc2ccccc2S(=O)(=O)O)ccc1[O-].[Na+]. The standard InChI is InChI=1S/C22H30O5S.Na/c1-2-3-4-5-6-7-8-9-12-18-17-19(15-16-20(18)23)27-21-13-10-11-14-22(21)28(24,25)26;/h10-11,13-17,23H,2-9,12H2,1H3,(H,24,25,26);/q;+1/p-1. The first kappa shape index (κ1) is 26.0. The van der Waals surface area contributed by atoms with E-state index in [1.165, 1.54) is 68.9 Å². The fraction of sp³-hybridized carbons (Fsp3) is 0.455. The minimum Gasteiger partial charge on any atom is -0.872 e. The molecule has 0 bridgehead atoms. The summed E-state index contributed by atoms with van der Waals surface area (Å²) >= 11 is 0. The van der Waals surface area contributed by atoms with Crippen LogP contribution in [-0.2, 0) is 16.5 Å². The summed E-state index contributed by atoms with van der Waals surface area (Å²) in [6.45, 7) is 2.21. The minimum absolute atomic E-state index is 0. The van der Waals surface area contributed by atoms with Crippen molar-refractivity contribution in [2.24, 2.45) is 0 Å². The van der Waals surface area contributed by atoms with Crippen molar-refractivity contribution in [2.75, 3.05) is 0 Å². The molecule has 5 nitrogen and oxygen atoms in total. The average Bonchev–Trinajstić information content (AvgIpc) is 2.66. The normalized spacial score (nSPS) is 11.1. The number of para-hydroxylation sites is 1. The third kappa shape index (κ3) is 9.09. The van der Waals surface area contributed by atoms with Crippen molar-refractivity contribution in [1.82, 2.24) is 0 Å². The van der Waals surface area contributed by atoms with Crippen LogP contribution in [-0.4, -0.2) is 13.0 Å². The van der Waals surface area contributed by atoms with Crippen molar-refractivity contribution in [3.8, 4) is 17.2 Å². The van der Waals surface area contributed by atoms with E-state index in [-0.39, 0.29) is 46.0 Å². The van der Waals surface area contributed by atoms with Gasteiger partial charge in [-0.05, 0) is 37.1 Å². The van der Waals surface area contributed by atoms with Gasteiger partial charge in [0.05, 0.1) is 0 Å². The molecule has 2 aromatic rings. The third-order valence-electron chi connectivity index (χ3n) is 4.69. The number of hydrogen-bond acceptors (Lipinski definition) is 4. The molecule has 7 heteroatoms. The zero-order chi connectivity index (χ0) is 20.4. The Bertz CT molecular complexity index is 852. The molecule has 0 aromatic heterocycles. The van der Waals surface area contributed by atoms with Crippen molar-refractivity contribution < 1.29 is 52.4 Å². The van der Waals surface area contributed by atoms with E-state index in [2.05, 4.69) is 6.92 Å². The monoisotopic (exact) mass is 428 g/mol. The van der Waals surface area contributed by atoms with E-state index >= 15 is 0 Å². The summed E-state index contributed by atoms with van der Waals surface area (Å²) in [6.07, 6.45) is 10.2. The fourth-order valence-corrected chi connectivity index (χ4v) is 3.75. The van der Waals surface area contributed by atoms with Crippen LogP contribution in [0.1, 0.15) is 63.9 Å². The van der Waals surface area contributed by atoms with Gasteiger partial charge in [-0.25, -0.2) is 0 Å². The van der Waals surface area contributed by atoms with E-state index in [0.717, 1.165) is 12.8 Å². The van der Waals surface area contributed by atoms with Crippen molar-refractivity contribution in [3.63, 3.8) is 0 Å². The maximum absolute atomic E-state index is 12.1. The summed E-state index contributed by atoms with van der Waals surface area (Å²) in [7, 11) is -4.39. The first-order chi connectivity index (χ1) is 13.4. The summed E-state index contributed by atoms with van der Waals surface area (Å²) in [6, 6.07) is 10.5. The number of unbranched alkanes of at least 4 members (excludes halogenated alkanes) is 7. The van der Waals surface area contributed by atoms with E-state index in [1.54, 1.807) is 12.1 Å². The molecule has 0 heterocycles. The molecule has 0 atom stereocenters. The number of benzene rings is 2. The summed E-state index contributed by atoms with van der Waals surface area (Å²) < 4.78 is 37.9. The Hall–Kier alpha value is -1.05. The average molecular weight is 429 g/mol. The Morgan fingerprint density at radius 1 is 0.931 bits per heavy atom. The second-order valence-corrected chi connectivity index (χ2v) is 8.41. The van der Waals surface area contributed by atoms with Crippen molar-refractivity contribution in [3.05, 3.63) is 48.0 Å². The predicted octanol–water partition coefficient (Wildman–Crippen LogP) is 2.49. The summed E-state index contributed by atoms with van der Waals surface area (Å²) in [4.78, 5) is -0.300. The molecule has 0 aliphatic rings. The molecule has 29 heavy (non-hydrogen) atoms. The van der Waals surface area contributed by atoms with Gasteiger partial charge in [0.15, 0.2) is 0 Å². The van der Waals surface area contributed by atoms with Gasteiger partial charge < -0.3 is 9.84 Å². The maximum Gasteiger partial charge on any atom is 1.00 e. The topological polar surface area (TPSA) is 86.7 Å². The van der Waals surface area contributed by atoms with Crippen LogP contribution in [0.4, 0.5) is 0 Å². The van der Waals surface area contributed by atoms with Crippen LogP contribution >= 0.6 is 0 Å². The van der Waals surface area contributed by atoms with Gasteiger partial charge in [0.2, 0.25) is 0 Å². The van der Waals surface area contributed by atoms with E-state index in [1.807, 2.05) is 0 Å². The van der Waals surface area contributed by atoms with Gasteiger partial charge in [0.1, 0.15) is 16.4 Å². The van der Waals surface area contributed by atoms with Gasteiger partial charge in [-0.1, -0.05) is 75.6 Å². The zero-order valence-electron chi connectivity index (χ0n) is 17.4. The summed E-state index contributed by atoms with van der Waals surface area (Å²) in [5.74, 6) is 0.366. The van der Waals surface area contributed by atoms with Gasteiger partial charge in [0, 0.05) is 0 Å². The molecule has 0 fully saturated rings. The van der Waals surface area contributed by atoms with Crippen LogP contribution in [0, 0.1) is 0 Å². The molecule has 1 N–H and O–H groups in total. The van der Waals surface area contributed by atoms with Crippen LogP contribution < -0.4 is 39.4 Å². The molecule has 0 saturated carbocycles. The number of hydrogen-bond donors (Lipinski definition) is 1. The maximum atomic E-state index is 12.1. The van der Waals surface area contributed by atoms with Gasteiger partial charge >= 0.3 is 29.6 Å². The van der Waals surface area contributed by atoms with Crippen molar-refractivity contribution >= 4 is 10.1 Å². The van der Waals surface area contributed by atoms with Crippen molar-refractivity contribution in [2.45, 2.75) is 69.6 Å². The van der Waals surface area contributed by atoms with E-state index in [0.29, 0.717) is 17.7 Å². The van der Waals surface area contributed by atoms with Crippen LogP contribution in [0.2, 0.25) is 0 Å². The molecule has 0 saturated heterocycles. The largest absolute Gasteiger partial charge is 1.00 e. The predicted molar refractivity (Wildman–Crippen MR) is 109 cm³/mol. The number of rotatable bonds is 12. The zero-order valence-corrected chi connectivity index (χ0v) is 20.2. The van der Waals surface area contributed by atoms with Crippen LogP contribution in [0.15, 0.2) is 47.4 Å². The second-order valence-electron chi connectivity index (χ2n) is 7.02. The van der Waals surface area contributed by atoms with Crippen LogP contribution in [0.25, 0.3) is 0 Å². The Labute approximate surface area is 196 Å². The Balaban J connectivity index is 0.00000420. The van der Waals surface area contributed by atoms with Gasteiger partial charge in [0.25, 0.3) is 10.1 Å². The molecular formula is C22H29NaO5S. The molecule has 0 radical (unpaired) electrons. The second kappa shape index (κ2) is 13.3. The molecule has 0 spiro atoms. The number of ether oxygens (including phenoxy) is 1. The smallest absolute Gasteiger partial charge is 0.872 e. The van der Waals surface area contributed by atoms with Crippen LogP contribution in [0.5, 0.6) is 17.2 Å². The first-order valence-corrected chi connectivity index (χ1v) is 11.4. The van der Waals surface area contributed by atoms with Gasteiger partial charge in [-0.15, -0.1) is 5.75 Å². The van der Waals surface area contributed by atoms with Crippen LogP contribution in [0.3, 0.4) is 0 Å². The Kier molecular flexibility index (Phi) is 11.9. The quantitative estimate of drug-likeness (QED) is 0.319. The van der Waals surface area contributed by atoms with E-state index in [9.17, 15) is 18.1 Å². The fourth-order valence-electron chi connectivity index (χ4n) is 3.14. The molecule has 2 rings (SSSR count). The van der Waals surface area contributed by atoms with E-state index < -0.39 is 10.1 Å².